The van der Waals surface area contributed by atoms with Gasteiger partial charge in [0.25, 0.3) is 0 Å². The molecule has 0 fully saturated rings. The molecule has 142 valence electrons. The third-order valence-corrected chi connectivity index (χ3v) is 4.07. The molecule has 2 aromatic carbocycles. The van der Waals surface area contributed by atoms with Gasteiger partial charge in [-0.1, -0.05) is 29.8 Å². The molecule has 0 bridgehead atoms. The zero-order chi connectivity index (χ0) is 19.4. The first-order chi connectivity index (χ1) is 13.0. The Bertz CT molecular complexity index is 923. The van der Waals surface area contributed by atoms with Crippen LogP contribution in [0.3, 0.4) is 0 Å². The number of halogens is 3. The van der Waals surface area contributed by atoms with Crippen LogP contribution in [0.25, 0.3) is 0 Å². The Kier molecular flexibility index (Phi) is 5.81. The molecule has 0 saturated carbocycles. The molecular weight excluding hydrogens is 355 g/mol. The van der Waals surface area contributed by atoms with Gasteiger partial charge in [-0.25, -0.2) is 17.9 Å². The Hall–Kier alpha value is -2.80. The maximum atomic E-state index is 13.8. The van der Waals surface area contributed by atoms with Gasteiger partial charge in [0.15, 0.2) is 11.6 Å². The summed E-state index contributed by atoms with van der Waals surface area (Å²) in [5.74, 6) is -2.77. The van der Waals surface area contributed by atoms with Crippen molar-refractivity contribution in [1.29, 1.82) is 0 Å². The van der Waals surface area contributed by atoms with Crippen molar-refractivity contribution in [2.75, 3.05) is 7.05 Å². The zero-order valence-electron chi connectivity index (χ0n) is 15.1. The van der Waals surface area contributed by atoms with Crippen LogP contribution in [0.2, 0.25) is 0 Å². The maximum absolute atomic E-state index is 13.8. The van der Waals surface area contributed by atoms with E-state index in [2.05, 4.69) is 10.4 Å². The van der Waals surface area contributed by atoms with Crippen LogP contribution in [-0.2, 0) is 19.7 Å². The van der Waals surface area contributed by atoms with Crippen molar-refractivity contribution in [1.82, 2.24) is 15.1 Å². The molecule has 0 atom stereocenters. The minimum Gasteiger partial charge on any atom is -0.473 e. The first kappa shape index (κ1) is 19.0. The van der Waals surface area contributed by atoms with Crippen LogP contribution >= 0.6 is 0 Å². The van der Waals surface area contributed by atoms with Crippen LogP contribution in [0.1, 0.15) is 22.4 Å². The van der Waals surface area contributed by atoms with E-state index in [9.17, 15) is 13.2 Å². The van der Waals surface area contributed by atoms with Crippen molar-refractivity contribution >= 4 is 0 Å². The van der Waals surface area contributed by atoms with Gasteiger partial charge in [0, 0.05) is 24.2 Å². The molecule has 0 spiro atoms. The summed E-state index contributed by atoms with van der Waals surface area (Å²) in [5, 5.41) is 7.50. The minimum atomic E-state index is -1.23. The van der Waals surface area contributed by atoms with E-state index in [0.29, 0.717) is 25.0 Å². The molecule has 0 aliphatic carbocycles. The summed E-state index contributed by atoms with van der Waals surface area (Å²) in [7, 11) is 1.80. The second-order valence-electron chi connectivity index (χ2n) is 6.29. The zero-order valence-corrected chi connectivity index (χ0v) is 15.1. The van der Waals surface area contributed by atoms with Crippen LogP contribution in [0.15, 0.2) is 42.5 Å². The van der Waals surface area contributed by atoms with E-state index < -0.39 is 17.5 Å². The molecular formula is C20H20F3N3O. The third-order valence-electron chi connectivity index (χ3n) is 4.07. The van der Waals surface area contributed by atoms with Crippen LogP contribution in [0.5, 0.6) is 5.88 Å². The molecule has 7 heteroatoms. The highest BCUT2D eigenvalue weighted by atomic mass is 19.2. The van der Waals surface area contributed by atoms with Gasteiger partial charge in [-0.05, 0) is 25.6 Å². The van der Waals surface area contributed by atoms with Gasteiger partial charge in [0.1, 0.15) is 12.4 Å². The smallest absolute Gasteiger partial charge is 0.212 e. The van der Waals surface area contributed by atoms with Crippen LogP contribution in [0, 0.1) is 24.4 Å². The highest BCUT2D eigenvalue weighted by Crippen LogP contribution is 2.20. The topological polar surface area (TPSA) is 39.1 Å². The fourth-order valence-electron chi connectivity index (χ4n) is 2.64. The lowest BCUT2D eigenvalue weighted by Crippen LogP contribution is -2.09. The lowest BCUT2D eigenvalue weighted by molar-refractivity contribution is 0.269. The average molecular weight is 375 g/mol. The number of aryl methyl sites for hydroxylation is 1. The molecule has 1 aromatic heterocycles. The van der Waals surface area contributed by atoms with Crippen LogP contribution < -0.4 is 10.1 Å². The lowest BCUT2D eigenvalue weighted by Gasteiger charge is -2.10. The molecule has 1 N–H and O–H groups in total. The number of nitrogens with zero attached hydrogens (tertiary/aromatic N) is 2. The van der Waals surface area contributed by atoms with Crippen molar-refractivity contribution in [2.24, 2.45) is 0 Å². The standard InChI is InChI=1S/C20H20F3N3O/c1-13-3-5-14(6-4-13)11-26-20(8-16(25-26)10-24-2)27-12-15-7-18(22)19(23)9-17(15)21/h3-9,24H,10-12H2,1-2H3. The SMILES string of the molecule is CNCc1cc(OCc2cc(F)c(F)cc2F)n(Cc2ccc(C)cc2)n1. The molecule has 3 rings (SSSR count). The largest absolute Gasteiger partial charge is 0.473 e. The normalized spacial score (nSPS) is 11.0. The second kappa shape index (κ2) is 8.26. The van der Waals surface area contributed by atoms with Gasteiger partial charge in [0.05, 0.1) is 12.2 Å². The maximum Gasteiger partial charge on any atom is 0.212 e. The Labute approximate surface area is 155 Å². The number of benzene rings is 2. The van der Waals surface area contributed by atoms with Crippen molar-refractivity contribution in [3.63, 3.8) is 0 Å². The van der Waals surface area contributed by atoms with Gasteiger partial charge in [-0.3, -0.25) is 0 Å². The summed E-state index contributed by atoms with van der Waals surface area (Å²) in [6, 6.07) is 11.1. The first-order valence-corrected chi connectivity index (χ1v) is 8.49. The summed E-state index contributed by atoms with van der Waals surface area (Å²) < 4.78 is 47.6. The quantitative estimate of drug-likeness (QED) is 0.636. The van der Waals surface area contributed by atoms with Crippen LogP contribution in [-0.4, -0.2) is 16.8 Å². The third kappa shape index (κ3) is 4.68. The molecule has 0 aliphatic rings. The Morgan fingerprint density at radius 3 is 2.41 bits per heavy atom. The van der Waals surface area contributed by atoms with Gasteiger partial charge in [-0.2, -0.15) is 5.10 Å². The number of aromatic nitrogens is 2. The molecule has 0 unspecified atom stereocenters. The molecule has 3 aromatic rings. The van der Waals surface area contributed by atoms with Crippen molar-refractivity contribution in [3.8, 4) is 5.88 Å². The summed E-state index contributed by atoms with van der Waals surface area (Å²) in [5.41, 5.74) is 2.88. The fourth-order valence-corrected chi connectivity index (χ4v) is 2.64. The summed E-state index contributed by atoms with van der Waals surface area (Å²) in [4.78, 5) is 0. The average Bonchev–Trinajstić information content (AvgIpc) is 3.01. The van der Waals surface area contributed by atoms with Crippen molar-refractivity contribution in [3.05, 3.63) is 82.3 Å². The molecule has 0 aliphatic heterocycles. The van der Waals surface area contributed by atoms with E-state index in [0.717, 1.165) is 22.9 Å². The fraction of sp³-hybridized carbons (Fsp3) is 0.250. The summed E-state index contributed by atoms with van der Waals surface area (Å²) in [6.07, 6.45) is 0. The number of ether oxygens (including phenoxy) is 1. The van der Waals surface area contributed by atoms with Gasteiger partial charge in [0.2, 0.25) is 5.88 Å². The van der Waals surface area contributed by atoms with Gasteiger partial charge < -0.3 is 10.1 Å². The highest BCUT2D eigenvalue weighted by Gasteiger charge is 2.13. The number of hydrogen-bond acceptors (Lipinski definition) is 3. The summed E-state index contributed by atoms with van der Waals surface area (Å²) >= 11 is 0. The van der Waals surface area contributed by atoms with E-state index in [1.807, 2.05) is 31.2 Å². The Balaban J connectivity index is 1.81. The number of hydrogen-bond donors (Lipinski definition) is 1. The van der Waals surface area contributed by atoms with E-state index in [4.69, 9.17) is 4.74 Å². The summed E-state index contributed by atoms with van der Waals surface area (Å²) in [6.45, 7) is 2.78. The Morgan fingerprint density at radius 1 is 1.00 bits per heavy atom. The van der Waals surface area contributed by atoms with Gasteiger partial charge in [-0.15, -0.1) is 0 Å². The molecule has 0 amide bonds. The van der Waals surface area contributed by atoms with E-state index in [1.165, 1.54) is 0 Å². The molecule has 27 heavy (non-hydrogen) atoms. The van der Waals surface area contributed by atoms with Crippen molar-refractivity contribution in [2.45, 2.75) is 26.6 Å². The lowest BCUT2D eigenvalue weighted by atomic mass is 10.1. The van der Waals surface area contributed by atoms with Crippen LogP contribution in [0.4, 0.5) is 13.2 Å². The van der Waals surface area contributed by atoms with Gasteiger partial charge >= 0.3 is 0 Å². The predicted molar refractivity (Wildman–Crippen MR) is 95.9 cm³/mol. The number of nitrogens with one attached hydrogen (secondary N) is 1. The first-order valence-electron chi connectivity index (χ1n) is 8.49. The second-order valence-corrected chi connectivity index (χ2v) is 6.29. The van der Waals surface area contributed by atoms with E-state index >= 15 is 0 Å². The monoisotopic (exact) mass is 375 g/mol. The molecule has 0 radical (unpaired) electrons. The van der Waals surface area contributed by atoms with E-state index in [1.54, 1.807) is 17.8 Å². The number of rotatable bonds is 7. The van der Waals surface area contributed by atoms with Crippen molar-refractivity contribution < 1.29 is 17.9 Å². The van der Waals surface area contributed by atoms with E-state index in [-0.39, 0.29) is 12.2 Å². The molecule has 0 saturated heterocycles. The predicted octanol–water partition coefficient (Wildman–Crippen LogP) is 3.96. The minimum absolute atomic E-state index is 0.0628. The highest BCUT2D eigenvalue weighted by molar-refractivity contribution is 5.25. The molecule has 4 nitrogen and oxygen atoms in total. The molecule has 1 heterocycles. The Morgan fingerprint density at radius 2 is 1.70 bits per heavy atom.